The van der Waals surface area contributed by atoms with Gasteiger partial charge in [0.1, 0.15) is 19.1 Å². The standard InChI is InChI=1S/C22H34N6O2Si/c1-17-7-8-22(26-25-17)24-19-13-20-18(14-21(19)30-10-9-27(2)3)23-15-28(20)16-29-11-12-31(4,5)6/h7-8,13-15H,9-12,16H2,1-6H3,(H,24,26). The molecule has 3 aromatic rings. The lowest BCUT2D eigenvalue weighted by Crippen LogP contribution is -2.22. The Balaban J connectivity index is 1.82. The fourth-order valence-corrected chi connectivity index (χ4v) is 3.64. The van der Waals surface area contributed by atoms with Gasteiger partial charge in [0.05, 0.1) is 28.7 Å². The summed E-state index contributed by atoms with van der Waals surface area (Å²) in [6.45, 7) is 11.6. The van der Waals surface area contributed by atoms with Crippen LogP contribution in [0, 0.1) is 6.92 Å². The van der Waals surface area contributed by atoms with E-state index in [0.29, 0.717) is 19.2 Å². The first kappa shape index (κ1) is 23.2. The van der Waals surface area contributed by atoms with Gasteiger partial charge < -0.3 is 24.3 Å². The maximum absolute atomic E-state index is 6.07. The van der Waals surface area contributed by atoms with Crippen molar-refractivity contribution >= 4 is 30.6 Å². The van der Waals surface area contributed by atoms with Crippen molar-refractivity contribution in [3.63, 3.8) is 0 Å². The van der Waals surface area contributed by atoms with Crippen LogP contribution < -0.4 is 10.1 Å². The molecule has 0 radical (unpaired) electrons. The van der Waals surface area contributed by atoms with Gasteiger partial charge in [-0.15, -0.1) is 5.10 Å². The maximum atomic E-state index is 6.07. The Kier molecular flexibility index (Phi) is 7.63. The number of aromatic nitrogens is 4. The third-order valence-corrected chi connectivity index (χ3v) is 6.51. The van der Waals surface area contributed by atoms with Crippen molar-refractivity contribution in [2.24, 2.45) is 0 Å². The number of fused-ring (bicyclic) bond motifs is 1. The molecule has 0 aliphatic rings. The zero-order valence-electron chi connectivity index (χ0n) is 19.5. The van der Waals surface area contributed by atoms with Gasteiger partial charge in [-0.2, -0.15) is 5.10 Å². The Labute approximate surface area is 185 Å². The van der Waals surface area contributed by atoms with E-state index in [2.05, 4.69) is 45.0 Å². The molecule has 1 N–H and O–H groups in total. The summed E-state index contributed by atoms with van der Waals surface area (Å²) in [6.07, 6.45) is 1.82. The van der Waals surface area contributed by atoms with Gasteiger partial charge in [-0.3, -0.25) is 0 Å². The van der Waals surface area contributed by atoms with Crippen molar-refractivity contribution < 1.29 is 9.47 Å². The van der Waals surface area contributed by atoms with Crippen LogP contribution in [0.5, 0.6) is 5.75 Å². The molecule has 0 aliphatic carbocycles. The van der Waals surface area contributed by atoms with Crippen LogP contribution >= 0.6 is 0 Å². The van der Waals surface area contributed by atoms with E-state index in [1.54, 1.807) is 0 Å². The summed E-state index contributed by atoms with van der Waals surface area (Å²) in [5.41, 5.74) is 3.55. The van der Waals surface area contributed by atoms with Gasteiger partial charge in [0, 0.05) is 27.3 Å². The van der Waals surface area contributed by atoms with E-state index < -0.39 is 8.07 Å². The van der Waals surface area contributed by atoms with Gasteiger partial charge in [-0.25, -0.2) is 4.98 Å². The minimum atomic E-state index is -1.11. The molecule has 2 heterocycles. The number of benzene rings is 1. The highest BCUT2D eigenvalue weighted by molar-refractivity contribution is 6.76. The van der Waals surface area contributed by atoms with Gasteiger partial charge in [-0.1, -0.05) is 19.6 Å². The summed E-state index contributed by atoms with van der Waals surface area (Å²) in [5, 5.41) is 11.7. The smallest absolute Gasteiger partial charge is 0.153 e. The molecule has 0 saturated heterocycles. The van der Waals surface area contributed by atoms with Crippen LogP contribution in [-0.4, -0.2) is 66.6 Å². The Hall–Kier alpha value is -2.49. The molecule has 0 saturated carbocycles. The monoisotopic (exact) mass is 442 g/mol. The van der Waals surface area contributed by atoms with Crippen molar-refractivity contribution in [1.29, 1.82) is 0 Å². The van der Waals surface area contributed by atoms with E-state index in [1.165, 1.54) is 0 Å². The Morgan fingerprint density at radius 1 is 1.10 bits per heavy atom. The first-order valence-electron chi connectivity index (χ1n) is 10.6. The second kappa shape index (κ2) is 10.2. The van der Waals surface area contributed by atoms with E-state index in [0.717, 1.165) is 47.4 Å². The molecule has 2 aromatic heterocycles. The fourth-order valence-electron chi connectivity index (χ4n) is 2.89. The maximum Gasteiger partial charge on any atom is 0.153 e. The van der Waals surface area contributed by atoms with Crippen LogP contribution in [0.3, 0.4) is 0 Å². The Morgan fingerprint density at radius 3 is 2.58 bits per heavy atom. The summed E-state index contributed by atoms with van der Waals surface area (Å²) in [5.74, 6) is 1.40. The number of anilines is 2. The van der Waals surface area contributed by atoms with E-state index in [1.807, 2.05) is 56.2 Å². The summed E-state index contributed by atoms with van der Waals surface area (Å²) in [4.78, 5) is 6.64. The normalized spacial score (nSPS) is 12.0. The average Bonchev–Trinajstić information content (AvgIpc) is 3.08. The van der Waals surface area contributed by atoms with E-state index in [4.69, 9.17) is 9.47 Å². The number of nitrogens with zero attached hydrogens (tertiary/aromatic N) is 5. The summed E-state index contributed by atoms with van der Waals surface area (Å²) in [7, 11) is 2.94. The molecule has 0 spiro atoms. The van der Waals surface area contributed by atoms with Crippen molar-refractivity contribution in [3.05, 3.63) is 36.3 Å². The van der Waals surface area contributed by atoms with Gasteiger partial charge in [0.25, 0.3) is 0 Å². The third kappa shape index (κ3) is 7.02. The first-order chi connectivity index (χ1) is 14.7. The molecular weight excluding hydrogens is 408 g/mol. The molecule has 3 rings (SSSR count). The number of nitrogens with one attached hydrogen (secondary N) is 1. The highest BCUT2D eigenvalue weighted by Crippen LogP contribution is 2.32. The molecule has 0 bridgehead atoms. The van der Waals surface area contributed by atoms with Crippen LogP contribution in [0.2, 0.25) is 25.7 Å². The molecule has 0 unspecified atom stereocenters. The third-order valence-electron chi connectivity index (χ3n) is 4.81. The van der Waals surface area contributed by atoms with Gasteiger partial charge in [0.2, 0.25) is 0 Å². The number of imidazole rings is 1. The minimum Gasteiger partial charge on any atom is -0.490 e. The van der Waals surface area contributed by atoms with Crippen molar-refractivity contribution in [1.82, 2.24) is 24.6 Å². The minimum absolute atomic E-state index is 0.478. The second-order valence-corrected chi connectivity index (χ2v) is 14.9. The predicted octanol–water partition coefficient (Wildman–Crippen LogP) is 4.13. The molecule has 0 fully saturated rings. The van der Waals surface area contributed by atoms with E-state index in [9.17, 15) is 0 Å². The van der Waals surface area contributed by atoms with Gasteiger partial charge >= 0.3 is 0 Å². The summed E-state index contributed by atoms with van der Waals surface area (Å²) < 4.78 is 14.0. The topological polar surface area (TPSA) is 77.3 Å². The lowest BCUT2D eigenvalue weighted by molar-refractivity contribution is 0.0898. The SMILES string of the molecule is Cc1ccc(Nc2cc3c(cc2OCCN(C)C)ncn3COCC[Si](C)(C)C)nn1. The van der Waals surface area contributed by atoms with Gasteiger partial charge in [0.15, 0.2) is 5.82 Å². The highest BCUT2D eigenvalue weighted by atomic mass is 28.3. The fraction of sp³-hybridized carbons (Fsp3) is 0.500. The number of hydrogen-bond acceptors (Lipinski definition) is 7. The van der Waals surface area contributed by atoms with Crippen LogP contribution in [0.15, 0.2) is 30.6 Å². The number of hydrogen-bond donors (Lipinski definition) is 1. The molecule has 168 valence electrons. The number of rotatable bonds is 11. The van der Waals surface area contributed by atoms with Crippen molar-refractivity contribution in [3.8, 4) is 5.75 Å². The average molecular weight is 443 g/mol. The molecule has 0 atom stereocenters. The number of aryl methyl sites for hydroxylation is 1. The molecule has 9 heteroatoms. The van der Waals surface area contributed by atoms with Crippen molar-refractivity contribution in [2.45, 2.75) is 39.3 Å². The number of likely N-dealkylation sites (N-methyl/N-ethyl adjacent to an activating group) is 1. The zero-order valence-corrected chi connectivity index (χ0v) is 20.5. The molecule has 0 amide bonds. The summed E-state index contributed by atoms with van der Waals surface area (Å²) in [6, 6.07) is 8.98. The molecule has 31 heavy (non-hydrogen) atoms. The summed E-state index contributed by atoms with van der Waals surface area (Å²) >= 11 is 0. The zero-order chi connectivity index (χ0) is 22.4. The first-order valence-corrected chi connectivity index (χ1v) is 14.3. The molecule has 8 nitrogen and oxygen atoms in total. The largest absolute Gasteiger partial charge is 0.490 e. The lowest BCUT2D eigenvalue weighted by atomic mass is 10.2. The Bertz CT molecular complexity index is 982. The lowest BCUT2D eigenvalue weighted by Gasteiger charge is -2.16. The van der Waals surface area contributed by atoms with E-state index in [-0.39, 0.29) is 0 Å². The van der Waals surface area contributed by atoms with Crippen LogP contribution in [0.1, 0.15) is 5.69 Å². The van der Waals surface area contributed by atoms with Crippen molar-refractivity contribution in [2.75, 3.05) is 39.2 Å². The Morgan fingerprint density at radius 2 is 1.90 bits per heavy atom. The molecule has 0 aliphatic heterocycles. The van der Waals surface area contributed by atoms with Crippen LogP contribution in [0.4, 0.5) is 11.5 Å². The van der Waals surface area contributed by atoms with Gasteiger partial charge in [-0.05, 0) is 45.3 Å². The van der Waals surface area contributed by atoms with Crippen LogP contribution in [0.25, 0.3) is 11.0 Å². The number of ether oxygens (including phenoxy) is 2. The predicted molar refractivity (Wildman–Crippen MR) is 128 cm³/mol. The molecule has 1 aromatic carbocycles. The second-order valence-electron chi connectivity index (χ2n) is 9.24. The van der Waals surface area contributed by atoms with Crippen LogP contribution in [-0.2, 0) is 11.5 Å². The van der Waals surface area contributed by atoms with E-state index >= 15 is 0 Å². The quantitative estimate of drug-likeness (QED) is 0.353. The molecular formula is C22H34N6O2Si. The highest BCUT2D eigenvalue weighted by Gasteiger charge is 2.14.